The molecule has 0 aromatic carbocycles. The lowest BCUT2D eigenvalue weighted by Crippen LogP contribution is -2.61. The van der Waals surface area contributed by atoms with E-state index in [0.29, 0.717) is 52.4 Å². The maximum absolute atomic E-state index is 12.8. The van der Waals surface area contributed by atoms with Crippen molar-refractivity contribution in [1.29, 1.82) is 0 Å². The van der Waals surface area contributed by atoms with Crippen LogP contribution >= 0.6 is 0 Å². The molecule has 4 aliphatic rings. The van der Waals surface area contributed by atoms with Crippen LogP contribution in [0.2, 0.25) is 0 Å². The van der Waals surface area contributed by atoms with Crippen LogP contribution in [0.5, 0.6) is 0 Å². The highest BCUT2D eigenvalue weighted by Crippen LogP contribution is 2.54. The lowest BCUT2D eigenvalue weighted by molar-refractivity contribution is -0.232. The second kappa shape index (κ2) is 9.14. The van der Waals surface area contributed by atoms with Gasteiger partial charge in [-0.15, -0.1) is 0 Å². The Labute approximate surface area is 185 Å². The summed E-state index contributed by atoms with van der Waals surface area (Å²) < 4.78 is 29.0. The zero-order valence-electron chi connectivity index (χ0n) is 19.3. The highest BCUT2D eigenvalue weighted by molar-refractivity contribution is 5.68. The van der Waals surface area contributed by atoms with Gasteiger partial charge < -0.3 is 33.7 Å². The molecule has 3 heterocycles. The molecule has 1 saturated carbocycles. The average Bonchev–Trinajstić information content (AvgIpc) is 3.19. The molecular formula is C23H39NO7. The monoisotopic (exact) mass is 441 g/mol. The van der Waals surface area contributed by atoms with Crippen LogP contribution in [0.25, 0.3) is 0 Å². The molecule has 178 valence electrons. The van der Waals surface area contributed by atoms with Gasteiger partial charge in [0.2, 0.25) is 0 Å². The van der Waals surface area contributed by atoms with Crippen molar-refractivity contribution in [2.75, 3.05) is 39.5 Å². The largest absolute Gasteiger partial charge is 0.444 e. The molecule has 0 aromatic heterocycles. The van der Waals surface area contributed by atoms with E-state index in [0.717, 1.165) is 32.1 Å². The van der Waals surface area contributed by atoms with Gasteiger partial charge in [-0.25, -0.2) is 4.79 Å². The normalized spacial score (nSPS) is 32.6. The third-order valence-corrected chi connectivity index (χ3v) is 7.28. The summed E-state index contributed by atoms with van der Waals surface area (Å²) in [5.74, 6) is -0.293. The van der Waals surface area contributed by atoms with E-state index in [4.69, 9.17) is 23.7 Å². The molecule has 8 heteroatoms. The molecule has 1 N–H and O–H groups in total. The lowest BCUT2D eigenvalue weighted by atomic mass is 9.58. The topological polar surface area (TPSA) is 86.7 Å². The fraction of sp³-hybridized carbons (Fsp3) is 0.957. The van der Waals surface area contributed by atoms with Crippen LogP contribution in [0, 0.1) is 11.3 Å². The van der Waals surface area contributed by atoms with Crippen molar-refractivity contribution in [3.8, 4) is 0 Å². The van der Waals surface area contributed by atoms with Crippen molar-refractivity contribution in [3.63, 3.8) is 0 Å². The summed E-state index contributed by atoms with van der Waals surface area (Å²) in [4.78, 5) is 14.6. The first-order chi connectivity index (χ1) is 14.7. The molecule has 1 aliphatic carbocycles. The van der Waals surface area contributed by atoms with Crippen LogP contribution in [0.3, 0.4) is 0 Å². The van der Waals surface area contributed by atoms with Crippen LogP contribution in [-0.2, 0) is 23.7 Å². The van der Waals surface area contributed by atoms with Gasteiger partial charge in [0, 0.05) is 37.8 Å². The number of carbonyl (C=O) groups is 1. The maximum atomic E-state index is 12.8. The Kier molecular flexibility index (Phi) is 6.85. The first-order valence-corrected chi connectivity index (χ1v) is 11.9. The molecule has 3 saturated heterocycles. The maximum Gasteiger partial charge on any atom is 0.410 e. The van der Waals surface area contributed by atoms with E-state index in [1.165, 1.54) is 0 Å². The van der Waals surface area contributed by atoms with Gasteiger partial charge in [-0.2, -0.15) is 0 Å². The Hall–Kier alpha value is -0.930. The van der Waals surface area contributed by atoms with Crippen LogP contribution in [0.1, 0.15) is 65.7 Å². The number of ether oxygens (including phenoxy) is 5. The number of rotatable bonds is 4. The fourth-order valence-corrected chi connectivity index (χ4v) is 5.72. The number of nitrogens with zero attached hydrogens (tertiary/aromatic N) is 1. The average molecular weight is 442 g/mol. The van der Waals surface area contributed by atoms with Crippen molar-refractivity contribution in [2.24, 2.45) is 11.3 Å². The molecule has 4 fully saturated rings. The predicted molar refractivity (Wildman–Crippen MR) is 112 cm³/mol. The number of amides is 1. The quantitative estimate of drug-likeness (QED) is 0.717. The number of aliphatic hydroxyl groups is 1. The highest BCUT2D eigenvalue weighted by atomic mass is 16.7. The number of hydrogen-bond acceptors (Lipinski definition) is 7. The van der Waals surface area contributed by atoms with Gasteiger partial charge in [0.05, 0.1) is 32.5 Å². The molecule has 3 aliphatic heterocycles. The standard InChI is InChI=1S/C23H39NO7/c1-21(2,3)31-20(26)24-10-7-17-15-23(29-13-14-30-23)9-8-22(17,16-24)18(25)5-6-19-27-11-4-12-28-19/h17-19,25H,4-16H2,1-3H3/t17-,18?,22-/m0/s1. The molecule has 3 atom stereocenters. The van der Waals surface area contributed by atoms with E-state index in [9.17, 15) is 9.90 Å². The van der Waals surface area contributed by atoms with E-state index < -0.39 is 22.9 Å². The summed E-state index contributed by atoms with van der Waals surface area (Å²) in [6, 6.07) is 0. The number of hydrogen-bond donors (Lipinski definition) is 1. The molecule has 8 nitrogen and oxygen atoms in total. The summed E-state index contributed by atoms with van der Waals surface area (Å²) in [6.07, 6.45) is 4.10. The fourth-order valence-electron chi connectivity index (χ4n) is 5.72. The predicted octanol–water partition coefficient (Wildman–Crippen LogP) is 3.06. The summed E-state index contributed by atoms with van der Waals surface area (Å²) >= 11 is 0. The van der Waals surface area contributed by atoms with E-state index in [2.05, 4.69) is 0 Å². The van der Waals surface area contributed by atoms with E-state index in [1.807, 2.05) is 20.8 Å². The molecule has 31 heavy (non-hydrogen) atoms. The molecule has 4 rings (SSSR count). The molecule has 1 spiro atoms. The molecule has 1 unspecified atom stereocenters. The summed E-state index contributed by atoms with van der Waals surface area (Å²) in [5.41, 5.74) is -0.943. The van der Waals surface area contributed by atoms with Crippen LogP contribution < -0.4 is 0 Å². The third-order valence-electron chi connectivity index (χ3n) is 7.28. The number of likely N-dealkylation sites (tertiary alicyclic amines) is 1. The van der Waals surface area contributed by atoms with Crippen molar-refractivity contribution in [3.05, 3.63) is 0 Å². The number of piperidine rings is 1. The van der Waals surface area contributed by atoms with E-state index in [-0.39, 0.29) is 18.3 Å². The van der Waals surface area contributed by atoms with E-state index >= 15 is 0 Å². The highest BCUT2D eigenvalue weighted by Gasteiger charge is 2.57. The van der Waals surface area contributed by atoms with Gasteiger partial charge in [0.25, 0.3) is 0 Å². The second-order valence-electron chi connectivity index (χ2n) is 10.6. The molecule has 0 bridgehead atoms. The van der Waals surface area contributed by atoms with Crippen LogP contribution in [-0.4, -0.2) is 79.4 Å². The lowest BCUT2D eigenvalue weighted by Gasteiger charge is -2.56. The van der Waals surface area contributed by atoms with Crippen molar-refractivity contribution in [1.82, 2.24) is 4.90 Å². The van der Waals surface area contributed by atoms with Gasteiger partial charge in [-0.3, -0.25) is 0 Å². The van der Waals surface area contributed by atoms with Crippen molar-refractivity contribution >= 4 is 6.09 Å². The molecular weight excluding hydrogens is 402 g/mol. The molecule has 1 amide bonds. The van der Waals surface area contributed by atoms with Crippen LogP contribution in [0.4, 0.5) is 4.79 Å². The Bertz CT molecular complexity index is 624. The summed E-state index contributed by atoms with van der Waals surface area (Å²) in [6.45, 7) is 9.43. The zero-order chi connectivity index (χ0) is 22.1. The molecule has 0 radical (unpaired) electrons. The molecule has 0 aromatic rings. The zero-order valence-corrected chi connectivity index (χ0v) is 19.3. The second-order valence-corrected chi connectivity index (χ2v) is 10.6. The first kappa shape index (κ1) is 23.2. The SMILES string of the molecule is CC(C)(C)OC(=O)N1CC[C@H]2CC3(CC[C@]2(C(O)CCC2OCCCO2)C1)OCCO3. The summed E-state index contributed by atoms with van der Waals surface area (Å²) in [5, 5.41) is 11.5. The van der Waals surface area contributed by atoms with E-state index in [1.54, 1.807) is 4.90 Å². The Morgan fingerprint density at radius 1 is 1.16 bits per heavy atom. The van der Waals surface area contributed by atoms with Crippen LogP contribution in [0.15, 0.2) is 0 Å². The minimum absolute atomic E-state index is 0.223. The number of carbonyl (C=O) groups excluding carboxylic acids is 1. The minimum Gasteiger partial charge on any atom is -0.444 e. The Balaban J connectivity index is 1.48. The van der Waals surface area contributed by atoms with Gasteiger partial charge in [-0.1, -0.05) is 0 Å². The number of fused-ring (bicyclic) bond motifs is 1. The van der Waals surface area contributed by atoms with Crippen molar-refractivity contribution < 1.29 is 33.6 Å². The third kappa shape index (κ3) is 5.19. The summed E-state index contributed by atoms with van der Waals surface area (Å²) in [7, 11) is 0. The number of aliphatic hydroxyl groups excluding tert-OH is 1. The van der Waals surface area contributed by atoms with Gasteiger partial charge in [0.1, 0.15) is 5.60 Å². The smallest absolute Gasteiger partial charge is 0.410 e. The Morgan fingerprint density at radius 3 is 2.55 bits per heavy atom. The van der Waals surface area contributed by atoms with Gasteiger partial charge in [0.15, 0.2) is 12.1 Å². The van der Waals surface area contributed by atoms with Crippen molar-refractivity contribution in [2.45, 2.75) is 89.5 Å². The van der Waals surface area contributed by atoms with Gasteiger partial charge in [-0.05, 0) is 52.4 Å². The first-order valence-electron chi connectivity index (χ1n) is 11.9. The van der Waals surface area contributed by atoms with Gasteiger partial charge >= 0.3 is 6.09 Å². The minimum atomic E-state index is -0.560. The Morgan fingerprint density at radius 2 is 1.87 bits per heavy atom.